The zero-order chi connectivity index (χ0) is 12.5. The van der Waals surface area contributed by atoms with Crippen LogP contribution in [0.2, 0.25) is 0 Å². The monoisotopic (exact) mass is 251 g/mol. The first kappa shape index (κ1) is 13.1. The van der Waals surface area contributed by atoms with Crippen LogP contribution in [0, 0.1) is 5.92 Å². The molecule has 17 heavy (non-hydrogen) atoms. The summed E-state index contributed by atoms with van der Waals surface area (Å²) in [6, 6.07) is 0.0953. The van der Waals surface area contributed by atoms with Gasteiger partial charge < -0.3 is 5.11 Å². The molecule has 1 saturated heterocycles. The number of nitrogens with zero attached hydrogens (tertiary/aromatic N) is 1. The fourth-order valence-corrected chi connectivity index (χ4v) is 3.08. The largest absolute Gasteiger partial charge is 0.391 e. The van der Waals surface area contributed by atoms with Crippen LogP contribution in [0.5, 0.6) is 0 Å². The molecule has 0 aromatic rings. The van der Waals surface area contributed by atoms with E-state index in [2.05, 4.69) is 4.90 Å². The Labute approximate surface area is 99.8 Å². The van der Waals surface area contributed by atoms with Gasteiger partial charge in [-0.2, -0.15) is 13.2 Å². The average molecular weight is 251 g/mol. The highest BCUT2D eigenvalue weighted by molar-refractivity contribution is 4.87. The van der Waals surface area contributed by atoms with Crippen molar-refractivity contribution >= 4 is 0 Å². The van der Waals surface area contributed by atoms with Crippen molar-refractivity contribution in [3.8, 4) is 0 Å². The van der Waals surface area contributed by atoms with Gasteiger partial charge in [0.2, 0.25) is 0 Å². The molecule has 0 aromatic heterocycles. The molecule has 2 nitrogen and oxygen atoms in total. The maximum atomic E-state index is 12.5. The molecule has 0 radical (unpaired) electrons. The van der Waals surface area contributed by atoms with E-state index >= 15 is 0 Å². The van der Waals surface area contributed by atoms with Gasteiger partial charge in [-0.05, 0) is 38.8 Å². The second-order valence-electron chi connectivity index (χ2n) is 5.27. The van der Waals surface area contributed by atoms with Gasteiger partial charge in [0.25, 0.3) is 0 Å². The Kier molecular flexibility index (Phi) is 3.98. The number of halogens is 3. The first-order chi connectivity index (χ1) is 7.98. The normalized spacial score (nSPS) is 33.9. The summed E-state index contributed by atoms with van der Waals surface area (Å²) in [5.74, 6) is -1.14. The van der Waals surface area contributed by atoms with E-state index < -0.39 is 12.1 Å². The molecule has 100 valence electrons. The van der Waals surface area contributed by atoms with Crippen molar-refractivity contribution in [2.24, 2.45) is 5.92 Å². The minimum absolute atomic E-state index is 0.0953. The van der Waals surface area contributed by atoms with E-state index in [0.29, 0.717) is 13.1 Å². The lowest BCUT2D eigenvalue weighted by Gasteiger charge is -2.41. The smallest absolute Gasteiger partial charge is 0.391 e. The van der Waals surface area contributed by atoms with Gasteiger partial charge in [0, 0.05) is 6.04 Å². The Morgan fingerprint density at radius 2 is 1.53 bits per heavy atom. The highest BCUT2D eigenvalue weighted by Gasteiger charge is 2.42. The molecule has 2 unspecified atom stereocenters. The third-order valence-corrected chi connectivity index (χ3v) is 4.16. The molecule has 2 fully saturated rings. The van der Waals surface area contributed by atoms with Crippen LogP contribution in [0.4, 0.5) is 13.2 Å². The summed E-state index contributed by atoms with van der Waals surface area (Å²) >= 11 is 0. The Morgan fingerprint density at radius 3 is 2.06 bits per heavy atom. The van der Waals surface area contributed by atoms with Crippen LogP contribution in [0.1, 0.15) is 38.5 Å². The number of rotatable bonds is 1. The maximum absolute atomic E-state index is 12.5. The average Bonchev–Trinajstić information content (AvgIpc) is 2.29. The Hall–Kier alpha value is -0.290. The fraction of sp³-hybridized carbons (Fsp3) is 1.00. The topological polar surface area (TPSA) is 23.5 Å². The van der Waals surface area contributed by atoms with E-state index in [0.717, 1.165) is 25.7 Å². The SMILES string of the molecule is OC1CCCCC1N1CCC(C(F)(F)F)CC1. The standard InChI is InChI=1S/C12H20F3NO/c13-12(14,15)9-5-7-16(8-6-9)10-3-1-2-4-11(10)17/h9-11,17H,1-8H2. The maximum Gasteiger partial charge on any atom is 0.391 e. The summed E-state index contributed by atoms with van der Waals surface area (Å²) < 4.78 is 37.6. The summed E-state index contributed by atoms with van der Waals surface area (Å²) in [4.78, 5) is 2.06. The molecular formula is C12H20F3NO. The van der Waals surface area contributed by atoms with Crippen molar-refractivity contribution in [2.75, 3.05) is 13.1 Å². The predicted octanol–water partition coefficient (Wildman–Crippen LogP) is 2.56. The summed E-state index contributed by atoms with van der Waals surface area (Å²) in [6.45, 7) is 0.956. The van der Waals surface area contributed by atoms with E-state index in [1.54, 1.807) is 0 Å². The van der Waals surface area contributed by atoms with E-state index in [1.165, 1.54) is 0 Å². The molecular weight excluding hydrogens is 231 g/mol. The molecule has 2 atom stereocenters. The summed E-state index contributed by atoms with van der Waals surface area (Å²) in [5, 5.41) is 9.88. The van der Waals surface area contributed by atoms with Crippen molar-refractivity contribution in [3.05, 3.63) is 0 Å². The molecule has 1 aliphatic heterocycles. The van der Waals surface area contributed by atoms with Crippen molar-refractivity contribution < 1.29 is 18.3 Å². The van der Waals surface area contributed by atoms with Crippen LogP contribution in [0.25, 0.3) is 0 Å². The Bertz CT molecular complexity index is 249. The Balaban J connectivity index is 1.86. The number of likely N-dealkylation sites (tertiary alicyclic amines) is 1. The van der Waals surface area contributed by atoms with Crippen molar-refractivity contribution in [3.63, 3.8) is 0 Å². The molecule has 1 heterocycles. The van der Waals surface area contributed by atoms with Crippen LogP contribution in [0.3, 0.4) is 0 Å². The summed E-state index contributed by atoms with van der Waals surface area (Å²) in [6.07, 6.45) is -0.165. The van der Waals surface area contributed by atoms with Crippen LogP contribution in [-0.4, -0.2) is 41.4 Å². The molecule has 0 amide bonds. The lowest BCUT2D eigenvalue weighted by molar-refractivity contribution is -0.187. The third kappa shape index (κ3) is 3.13. The minimum atomic E-state index is -4.04. The third-order valence-electron chi connectivity index (χ3n) is 4.16. The van der Waals surface area contributed by atoms with Gasteiger partial charge in [-0.25, -0.2) is 0 Å². The van der Waals surface area contributed by atoms with Gasteiger partial charge in [-0.1, -0.05) is 12.8 Å². The van der Waals surface area contributed by atoms with Crippen molar-refractivity contribution in [2.45, 2.75) is 56.8 Å². The Morgan fingerprint density at radius 1 is 0.941 bits per heavy atom. The van der Waals surface area contributed by atoms with Crippen LogP contribution in [-0.2, 0) is 0 Å². The molecule has 5 heteroatoms. The lowest BCUT2D eigenvalue weighted by atomic mass is 9.88. The van der Waals surface area contributed by atoms with E-state index in [9.17, 15) is 18.3 Å². The molecule has 1 N–H and O–H groups in total. The molecule has 0 aromatic carbocycles. The van der Waals surface area contributed by atoms with Gasteiger partial charge in [0.15, 0.2) is 0 Å². The van der Waals surface area contributed by atoms with Crippen LogP contribution >= 0.6 is 0 Å². The van der Waals surface area contributed by atoms with Gasteiger partial charge >= 0.3 is 6.18 Å². The quantitative estimate of drug-likeness (QED) is 0.774. The first-order valence-electron chi connectivity index (χ1n) is 6.47. The summed E-state index contributed by atoms with van der Waals surface area (Å²) in [7, 11) is 0. The number of piperidine rings is 1. The van der Waals surface area contributed by atoms with E-state index in [4.69, 9.17) is 0 Å². The molecule has 2 aliphatic rings. The molecule has 0 bridgehead atoms. The lowest BCUT2D eigenvalue weighted by Crippen LogP contribution is -2.50. The number of aliphatic hydroxyl groups is 1. The number of hydrogen-bond acceptors (Lipinski definition) is 2. The molecule has 2 rings (SSSR count). The second-order valence-corrected chi connectivity index (χ2v) is 5.27. The van der Waals surface area contributed by atoms with Crippen LogP contribution < -0.4 is 0 Å². The van der Waals surface area contributed by atoms with Crippen LogP contribution in [0.15, 0.2) is 0 Å². The second kappa shape index (κ2) is 5.14. The van der Waals surface area contributed by atoms with Gasteiger partial charge in [0.1, 0.15) is 0 Å². The summed E-state index contributed by atoms with van der Waals surface area (Å²) in [5.41, 5.74) is 0. The zero-order valence-electron chi connectivity index (χ0n) is 9.92. The highest BCUT2D eigenvalue weighted by Crippen LogP contribution is 2.36. The molecule has 1 aliphatic carbocycles. The van der Waals surface area contributed by atoms with Gasteiger partial charge in [-0.3, -0.25) is 4.90 Å². The van der Waals surface area contributed by atoms with Crippen molar-refractivity contribution in [1.29, 1.82) is 0 Å². The van der Waals surface area contributed by atoms with Gasteiger partial charge in [0.05, 0.1) is 12.0 Å². The first-order valence-corrected chi connectivity index (χ1v) is 6.47. The van der Waals surface area contributed by atoms with E-state index in [-0.39, 0.29) is 25.0 Å². The fourth-order valence-electron chi connectivity index (χ4n) is 3.08. The number of alkyl halides is 3. The van der Waals surface area contributed by atoms with Gasteiger partial charge in [-0.15, -0.1) is 0 Å². The number of hydrogen-bond donors (Lipinski definition) is 1. The predicted molar refractivity (Wildman–Crippen MR) is 58.6 cm³/mol. The highest BCUT2D eigenvalue weighted by atomic mass is 19.4. The van der Waals surface area contributed by atoms with Crippen molar-refractivity contribution in [1.82, 2.24) is 4.90 Å². The molecule has 1 saturated carbocycles. The van der Waals surface area contributed by atoms with E-state index in [1.807, 2.05) is 0 Å². The zero-order valence-corrected chi connectivity index (χ0v) is 9.92. The molecule has 0 spiro atoms. The number of aliphatic hydroxyl groups excluding tert-OH is 1. The minimum Gasteiger partial charge on any atom is -0.391 e.